The van der Waals surface area contributed by atoms with Crippen molar-refractivity contribution in [2.75, 3.05) is 10.0 Å². The highest BCUT2D eigenvalue weighted by atomic mass is 32.2. The molecule has 2 aromatic rings. The Morgan fingerprint density at radius 1 is 1.21 bits per heavy atom. The molecule has 1 aromatic heterocycles. The predicted molar refractivity (Wildman–Crippen MR) is 73.9 cm³/mol. The second kappa shape index (κ2) is 5.33. The SMILES string of the molecule is CC(Nc1cccc(NS(N)(=O)=O)c1)c1ccco1. The summed E-state index contributed by atoms with van der Waals surface area (Å²) in [4.78, 5) is 0. The van der Waals surface area contributed by atoms with Gasteiger partial charge in [-0.2, -0.15) is 8.42 Å². The lowest BCUT2D eigenvalue weighted by Crippen LogP contribution is -2.21. The van der Waals surface area contributed by atoms with Crippen LogP contribution in [0, 0.1) is 0 Å². The summed E-state index contributed by atoms with van der Waals surface area (Å²) < 4.78 is 29.4. The highest BCUT2D eigenvalue weighted by molar-refractivity contribution is 7.90. The third-order valence-corrected chi connectivity index (χ3v) is 3.00. The Morgan fingerprint density at radius 2 is 1.95 bits per heavy atom. The zero-order valence-corrected chi connectivity index (χ0v) is 11.1. The van der Waals surface area contributed by atoms with Gasteiger partial charge in [0.05, 0.1) is 18.0 Å². The fraction of sp³-hybridized carbons (Fsp3) is 0.167. The standard InChI is InChI=1S/C12H15N3O3S/c1-9(12-6-3-7-18-12)14-10-4-2-5-11(8-10)15-19(13,16)17/h2-9,14-15H,1H3,(H2,13,16,17). The van der Waals surface area contributed by atoms with Crippen LogP contribution in [0.2, 0.25) is 0 Å². The van der Waals surface area contributed by atoms with Crippen molar-refractivity contribution in [2.45, 2.75) is 13.0 Å². The third-order valence-electron chi connectivity index (χ3n) is 2.48. The Morgan fingerprint density at radius 3 is 2.58 bits per heavy atom. The monoisotopic (exact) mass is 281 g/mol. The van der Waals surface area contributed by atoms with Crippen LogP contribution < -0.4 is 15.2 Å². The van der Waals surface area contributed by atoms with E-state index in [4.69, 9.17) is 9.56 Å². The summed E-state index contributed by atoms with van der Waals surface area (Å²) >= 11 is 0. The molecule has 1 heterocycles. The summed E-state index contributed by atoms with van der Waals surface area (Å²) in [6, 6.07) is 10.5. The van der Waals surface area contributed by atoms with E-state index in [-0.39, 0.29) is 6.04 Å². The van der Waals surface area contributed by atoms with E-state index in [2.05, 4.69) is 10.0 Å². The minimum absolute atomic E-state index is 0.0280. The second-order valence-corrected chi connectivity index (χ2v) is 5.40. The molecule has 0 fully saturated rings. The molecule has 0 amide bonds. The molecule has 0 spiro atoms. The molecule has 0 aliphatic carbocycles. The minimum atomic E-state index is -3.76. The third kappa shape index (κ3) is 4.01. The van der Waals surface area contributed by atoms with Crippen molar-refractivity contribution >= 4 is 21.6 Å². The van der Waals surface area contributed by atoms with Crippen LogP contribution in [0.25, 0.3) is 0 Å². The molecule has 0 saturated heterocycles. The number of rotatable bonds is 5. The number of benzene rings is 1. The Bertz CT molecular complexity index is 638. The number of hydrogen-bond donors (Lipinski definition) is 3. The molecule has 0 aliphatic heterocycles. The van der Waals surface area contributed by atoms with Gasteiger partial charge in [0.15, 0.2) is 0 Å². The van der Waals surface area contributed by atoms with Gasteiger partial charge in [0.25, 0.3) is 10.2 Å². The summed E-state index contributed by atoms with van der Waals surface area (Å²) in [6.45, 7) is 1.94. The van der Waals surface area contributed by atoms with Gasteiger partial charge < -0.3 is 9.73 Å². The van der Waals surface area contributed by atoms with Crippen molar-refractivity contribution in [1.82, 2.24) is 0 Å². The maximum atomic E-state index is 11.0. The lowest BCUT2D eigenvalue weighted by molar-refractivity contribution is 0.490. The van der Waals surface area contributed by atoms with Crippen molar-refractivity contribution < 1.29 is 12.8 Å². The van der Waals surface area contributed by atoms with E-state index in [1.54, 1.807) is 24.5 Å². The molecule has 102 valence electrons. The van der Waals surface area contributed by atoms with E-state index < -0.39 is 10.2 Å². The van der Waals surface area contributed by atoms with Gasteiger partial charge in [0, 0.05) is 5.69 Å². The van der Waals surface area contributed by atoms with Crippen LogP contribution in [0.4, 0.5) is 11.4 Å². The average molecular weight is 281 g/mol. The van der Waals surface area contributed by atoms with Crippen LogP contribution in [-0.2, 0) is 10.2 Å². The number of anilines is 2. The molecule has 19 heavy (non-hydrogen) atoms. The number of nitrogens with two attached hydrogens (primary N) is 1. The zero-order chi connectivity index (χ0) is 13.9. The molecular formula is C12H15N3O3S. The van der Waals surface area contributed by atoms with E-state index in [9.17, 15) is 8.42 Å². The molecular weight excluding hydrogens is 266 g/mol. The van der Waals surface area contributed by atoms with Crippen molar-refractivity contribution in [2.24, 2.45) is 5.14 Å². The minimum Gasteiger partial charge on any atom is -0.467 e. The summed E-state index contributed by atoms with van der Waals surface area (Å²) in [6.07, 6.45) is 1.60. The molecule has 0 radical (unpaired) electrons. The zero-order valence-electron chi connectivity index (χ0n) is 10.3. The first kappa shape index (κ1) is 13.4. The molecule has 1 unspecified atom stereocenters. The van der Waals surface area contributed by atoms with E-state index in [1.807, 2.05) is 25.1 Å². The largest absolute Gasteiger partial charge is 0.467 e. The van der Waals surface area contributed by atoms with Crippen LogP contribution in [0.1, 0.15) is 18.7 Å². The fourth-order valence-electron chi connectivity index (χ4n) is 1.70. The van der Waals surface area contributed by atoms with Gasteiger partial charge in [-0.15, -0.1) is 0 Å². The summed E-state index contributed by atoms with van der Waals surface area (Å²) in [5.41, 5.74) is 1.16. The smallest absolute Gasteiger partial charge is 0.296 e. The molecule has 0 bridgehead atoms. The van der Waals surface area contributed by atoms with Crippen molar-refractivity contribution in [3.8, 4) is 0 Å². The van der Waals surface area contributed by atoms with Gasteiger partial charge in [-0.05, 0) is 37.3 Å². The first-order valence-corrected chi connectivity index (χ1v) is 7.19. The quantitative estimate of drug-likeness (QED) is 0.781. The number of hydrogen-bond acceptors (Lipinski definition) is 4. The maximum absolute atomic E-state index is 11.0. The van der Waals surface area contributed by atoms with Gasteiger partial charge >= 0.3 is 0 Å². The topological polar surface area (TPSA) is 97.4 Å². The highest BCUT2D eigenvalue weighted by Gasteiger charge is 2.08. The van der Waals surface area contributed by atoms with Crippen LogP contribution in [0.5, 0.6) is 0 Å². The van der Waals surface area contributed by atoms with Crippen LogP contribution in [0.3, 0.4) is 0 Å². The summed E-state index contributed by atoms with van der Waals surface area (Å²) in [5, 5.41) is 8.12. The first-order valence-electron chi connectivity index (χ1n) is 5.64. The number of nitrogens with one attached hydrogen (secondary N) is 2. The lowest BCUT2D eigenvalue weighted by Gasteiger charge is -2.14. The van der Waals surface area contributed by atoms with E-state index in [0.717, 1.165) is 11.4 Å². The second-order valence-electron chi connectivity index (χ2n) is 4.11. The Labute approximate surface area is 111 Å². The molecule has 1 atom stereocenters. The van der Waals surface area contributed by atoms with Gasteiger partial charge in [0.2, 0.25) is 0 Å². The Hall–Kier alpha value is -1.99. The molecule has 6 nitrogen and oxygen atoms in total. The normalized spacial score (nSPS) is 12.9. The first-order chi connectivity index (χ1) is 8.94. The molecule has 1 aromatic carbocycles. The number of furan rings is 1. The molecule has 0 aliphatic rings. The Kier molecular flexibility index (Phi) is 3.77. The van der Waals surface area contributed by atoms with Crippen molar-refractivity contribution in [3.05, 3.63) is 48.4 Å². The van der Waals surface area contributed by atoms with Crippen molar-refractivity contribution in [3.63, 3.8) is 0 Å². The van der Waals surface area contributed by atoms with Gasteiger partial charge in [-0.1, -0.05) is 6.07 Å². The summed E-state index contributed by atoms with van der Waals surface area (Å²) in [7, 11) is -3.76. The molecule has 4 N–H and O–H groups in total. The summed E-state index contributed by atoms with van der Waals surface area (Å²) in [5.74, 6) is 0.796. The lowest BCUT2D eigenvalue weighted by atomic mass is 10.2. The van der Waals surface area contributed by atoms with Crippen LogP contribution >= 0.6 is 0 Å². The maximum Gasteiger partial charge on any atom is 0.296 e. The average Bonchev–Trinajstić information content (AvgIpc) is 2.80. The van der Waals surface area contributed by atoms with Crippen molar-refractivity contribution in [1.29, 1.82) is 0 Å². The van der Waals surface area contributed by atoms with Crippen LogP contribution in [0.15, 0.2) is 47.1 Å². The molecule has 0 saturated carbocycles. The highest BCUT2D eigenvalue weighted by Crippen LogP contribution is 2.22. The van der Waals surface area contributed by atoms with E-state index >= 15 is 0 Å². The van der Waals surface area contributed by atoms with Gasteiger partial charge in [-0.25, -0.2) is 5.14 Å². The van der Waals surface area contributed by atoms with Gasteiger partial charge in [-0.3, -0.25) is 4.72 Å². The Balaban J connectivity index is 2.11. The fourth-order valence-corrected chi connectivity index (χ4v) is 2.15. The van der Waals surface area contributed by atoms with Gasteiger partial charge in [0.1, 0.15) is 5.76 Å². The van der Waals surface area contributed by atoms with Crippen LogP contribution in [-0.4, -0.2) is 8.42 Å². The predicted octanol–water partition coefficient (Wildman–Crippen LogP) is 2.07. The van der Waals surface area contributed by atoms with E-state index in [0.29, 0.717) is 5.69 Å². The molecule has 7 heteroatoms. The molecule has 2 rings (SSSR count). The van der Waals surface area contributed by atoms with E-state index in [1.165, 1.54) is 0 Å².